The van der Waals surface area contributed by atoms with Gasteiger partial charge in [0.15, 0.2) is 0 Å². The molecule has 0 aromatic heterocycles. The Kier molecular flexibility index (Phi) is 20.1. The van der Waals surface area contributed by atoms with Gasteiger partial charge in [0.2, 0.25) is 0 Å². The molecule has 2 aromatic carbocycles. The minimum absolute atomic E-state index is 0. The SMILES string of the molecule is C[N+](C)(CCCCCC[N+](C)(C)CCC[N+](C)(C)CCCCc1ccccc1)CCC[N+](C)(C)CCCCc1ccccc1.[Br-]. The van der Waals surface area contributed by atoms with Gasteiger partial charge in [-0.2, -0.15) is 0 Å². The number of nitrogens with zero attached hydrogens (tertiary/aromatic N) is 4. The van der Waals surface area contributed by atoms with Crippen LogP contribution in [0.1, 0.15) is 75.3 Å². The summed E-state index contributed by atoms with van der Waals surface area (Å²) >= 11 is 0. The van der Waals surface area contributed by atoms with E-state index in [1.54, 1.807) is 0 Å². The number of hydrogen-bond acceptors (Lipinski definition) is 0. The maximum Gasteiger partial charge on any atom is 0.0836 e. The summed E-state index contributed by atoms with van der Waals surface area (Å²) in [6.45, 7) is 10.4. The summed E-state index contributed by atoms with van der Waals surface area (Å²) in [5.74, 6) is 0. The molecule has 0 atom stereocenters. The molecule has 0 radical (unpaired) electrons. The maximum atomic E-state index is 2.45. The molecule has 0 unspecified atom stereocenters. The fraction of sp³-hybridized carbons (Fsp3) is 0.700. The van der Waals surface area contributed by atoms with Crippen LogP contribution >= 0.6 is 0 Å². The van der Waals surface area contributed by atoms with Crippen LogP contribution in [0.15, 0.2) is 60.7 Å². The summed E-state index contributed by atoms with van der Waals surface area (Å²) < 4.78 is 4.67. The zero-order valence-electron chi connectivity index (χ0n) is 31.1. The normalized spacial score (nSPS) is 12.7. The van der Waals surface area contributed by atoms with Crippen LogP contribution < -0.4 is 17.0 Å². The highest BCUT2D eigenvalue weighted by Gasteiger charge is 2.21. The van der Waals surface area contributed by atoms with Crippen molar-refractivity contribution in [2.24, 2.45) is 0 Å². The van der Waals surface area contributed by atoms with Crippen LogP contribution in [0.4, 0.5) is 0 Å². The number of unbranched alkanes of at least 4 members (excludes halogenated alkanes) is 5. The quantitative estimate of drug-likeness (QED) is 0.105. The van der Waals surface area contributed by atoms with Crippen molar-refractivity contribution < 1.29 is 34.9 Å². The van der Waals surface area contributed by atoms with Gasteiger partial charge < -0.3 is 34.9 Å². The minimum atomic E-state index is 0. The summed E-state index contributed by atoms with van der Waals surface area (Å²) in [4.78, 5) is 0. The third kappa shape index (κ3) is 21.3. The second-order valence-corrected chi connectivity index (χ2v) is 16.5. The van der Waals surface area contributed by atoms with Crippen molar-refractivity contribution in [3.05, 3.63) is 71.8 Å². The Morgan fingerprint density at radius 3 is 0.844 bits per heavy atom. The van der Waals surface area contributed by atoms with Gasteiger partial charge in [0.25, 0.3) is 0 Å². The lowest BCUT2D eigenvalue weighted by molar-refractivity contribution is -0.910. The van der Waals surface area contributed by atoms with Crippen LogP contribution in [0.25, 0.3) is 0 Å². The molecule has 45 heavy (non-hydrogen) atoms. The molecule has 0 saturated heterocycles. The Morgan fingerprint density at radius 2 is 0.556 bits per heavy atom. The van der Waals surface area contributed by atoms with Crippen LogP contribution in [-0.2, 0) is 12.8 Å². The lowest BCUT2D eigenvalue weighted by Gasteiger charge is -2.34. The van der Waals surface area contributed by atoms with E-state index in [-0.39, 0.29) is 17.0 Å². The summed E-state index contributed by atoms with van der Waals surface area (Å²) in [6, 6.07) is 21.9. The first-order chi connectivity index (χ1) is 20.8. The van der Waals surface area contributed by atoms with E-state index in [0.29, 0.717) is 0 Å². The van der Waals surface area contributed by atoms with E-state index in [9.17, 15) is 0 Å². The number of hydrogen-bond donors (Lipinski definition) is 0. The van der Waals surface area contributed by atoms with Gasteiger partial charge in [0.1, 0.15) is 0 Å². The number of benzene rings is 2. The Bertz CT molecular complexity index is 906. The summed E-state index contributed by atoms with van der Waals surface area (Å²) in [6.07, 6.45) is 15.8. The van der Waals surface area contributed by atoms with Gasteiger partial charge in [-0.15, -0.1) is 0 Å². The number of aryl methyl sites for hydroxylation is 2. The number of rotatable bonds is 25. The molecular formula is C40H74BrN4+3. The van der Waals surface area contributed by atoms with Crippen LogP contribution in [0.5, 0.6) is 0 Å². The highest BCUT2D eigenvalue weighted by atomic mass is 79.9. The van der Waals surface area contributed by atoms with Crippen LogP contribution in [0.2, 0.25) is 0 Å². The van der Waals surface area contributed by atoms with E-state index in [1.807, 2.05) is 0 Å². The van der Waals surface area contributed by atoms with Crippen molar-refractivity contribution in [2.45, 2.75) is 77.0 Å². The van der Waals surface area contributed by atoms with Crippen LogP contribution in [0, 0.1) is 0 Å². The minimum Gasteiger partial charge on any atom is -1.00 e. The highest BCUT2D eigenvalue weighted by Crippen LogP contribution is 2.13. The van der Waals surface area contributed by atoms with Crippen LogP contribution in [0.3, 0.4) is 0 Å². The number of halogens is 1. The second kappa shape index (κ2) is 21.6. The highest BCUT2D eigenvalue weighted by molar-refractivity contribution is 5.15. The molecule has 258 valence electrons. The molecule has 4 nitrogen and oxygen atoms in total. The monoisotopic (exact) mass is 690 g/mol. The van der Waals surface area contributed by atoms with Crippen molar-refractivity contribution in [1.82, 2.24) is 0 Å². The Balaban J connectivity index is 0.0000101. The molecule has 2 rings (SSSR count). The molecule has 2 aromatic rings. The van der Waals surface area contributed by atoms with Gasteiger partial charge in [-0.1, -0.05) is 60.7 Å². The fourth-order valence-electron chi connectivity index (χ4n) is 6.76. The molecule has 0 aliphatic rings. The summed E-state index contributed by atoms with van der Waals surface area (Å²) in [7, 11) is 19.5. The number of quaternary nitrogens is 4. The van der Waals surface area contributed by atoms with Gasteiger partial charge in [0.05, 0.1) is 109 Å². The van der Waals surface area contributed by atoms with E-state index in [1.165, 1.54) is 150 Å². The van der Waals surface area contributed by atoms with Gasteiger partial charge in [-0.05, 0) is 75.3 Å². The van der Waals surface area contributed by atoms with E-state index in [4.69, 9.17) is 0 Å². The lowest BCUT2D eigenvalue weighted by Crippen LogP contribution is -3.00. The average molecular weight is 691 g/mol. The third-order valence-electron chi connectivity index (χ3n) is 9.97. The molecule has 0 amide bonds. The first-order valence-corrected chi connectivity index (χ1v) is 18.1. The van der Waals surface area contributed by atoms with Crippen molar-refractivity contribution in [1.29, 1.82) is 0 Å². The van der Waals surface area contributed by atoms with Gasteiger partial charge in [-0.25, -0.2) is 0 Å². The largest absolute Gasteiger partial charge is 1.00 e. The summed E-state index contributed by atoms with van der Waals surface area (Å²) in [5, 5.41) is 0. The van der Waals surface area contributed by atoms with Crippen molar-refractivity contribution >= 4 is 0 Å². The molecule has 0 aliphatic carbocycles. The third-order valence-corrected chi connectivity index (χ3v) is 9.97. The molecule has 0 spiro atoms. The molecule has 0 fully saturated rings. The smallest absolute Gasteiger partial charge is 0.0836 e. The Hall–Kier alpha value is -1.24. The van der Waals surface area contributed by atoms with Crippen molar-refractivity contribution in [2.75, 3.05) is 109 Å². The molecule has 0 heterocycles. The first-order valence-electron chi connectivity index (χ1n) is 18.1. The molecular weight excluding hydrogens is 616 g/mol. The van der Waals surface area contributed by atoms with E-state index in [2.05, 4.69) is 117 Å². The van der Waals surface area contributed by atoms with Crippen LogP contribution in [-0.4, -0.2) is 127 Å². The molecule has 0 N–H and O–H groups in total. The van der Waals surface area contributed by atoms with Crippen molar-refractivity contribution in [3.63, 3.8) is 0 Å². The van der Waals surface area contributed by atoms with E-state index >= 15 is 0 Å². The molecule has 0 saturated carbocycles. The van der Waals surface area contributed by atoms with Gasteiger partial charge in [0, 0.05) is 12.8 Å². The average Bonchev–Trinajstić information content (AvgIpc) is 2.96. The second-order valence-electron chi connectivity index (χ2n) is 16.5. The molecule has 5 heteroatoms. The first kappa shape index (κ1) is 41.8. The Labute approximate surface area is 291 Å². The van der Waals surface area contributed by atoms with Gasteiger partial charge in [-0.3, -0.25) is 0 Å². The predicted octanol–water partition coefficient (Wildman–Crippen LogP) is 4.68. The fourth-order valence-corrected chi connectivity index (χ4v) is 6.76. The predicted molar refractivity (Wildman–Crippen MR) is 194 cm³/mol. The molecule has 0 bridgehead atoms. The van der Waals surface area contributed by atoms with E-state index < -0.39 is 0 Å². The maximum absolute atomic E-state index is 2.45. The standard InChI is InChI=1S/C40H74N4.BrH/c1-41(2,35-23-37-43(5,6)33-21-17-29-39-25-13-11-14-26-39)31-19-9-10-20-32-42(3,4)36-24-38-44(7,8)34-22-18-30-40-27-15-12-16-28-40;/h11-16,25-28H,9-10,17-24,29-38H2,1-8H3;1H/q+4;/p-1. The zero-order chi connectivity index (χ0) is 32.4. The zero-order valence-corrected chi connectivity index (χ0v) is 32.7. The molecule has 0 aliphatic heterocycles. The van der Waals surface area contributed by atoms with Gasteiger partial charge >= 0.3 is 0 Å². The van der Waals surface area contributed by atoms with E-state index in [0.717, 1.165) is 8.97 Å². The lowest BCUT2D eigenvalue weighted by atomic mass is 10.1. The van der Waals surface area contributed by atoms with Crippen molar-refractivity contribution in [3.8, 4) is 0 Å². The summed E-state index contributed by atoms with van der Waals surface area (Å²) in [5.41, 5.74) is 2.96. The Morgan fingerprint density at radius 1 is 0.311 bits per heavy atom. The topological polar surface area (TPSA) is 0 Å².